The Morgan fingerprint density at radius 1 is 1.13 bits per heavy atom. The van der Waals surface area contributed by atoms with Crippen LogP contribution in [0.15, 0.2) is 48.7 Å². The number of rotatable bonds is 5. The van der Waals surface area contributed by atoms with Gasteiger partial charge in [-0.2, -0.15) is 5.10 Å². The fraction of sp³-hybridized carbons (Fsp3) is 0.357. The summed E-state index contributed by atoms with van der Waals surface area (Å²) in [7, 11) is 3.51. The van der Waals surface area contributed by atoms with Gasteiger partial charge in [-0.3, -0.25) is 19.1 Å². The molecule has 11 heteroatoms. The molecule has 2 aliphatic rings. The summed E-state index contributed by atoms with van der Waals surface area (Å²) < 4.78 is 27.4. The van der Waals surface area contributed by atoms with Gasteiger partial charge in [0.2, 0.25) is 5.91 Å². The Hall–Kier alpha value is -4.25. The van der Waals surface area contributed by atoms with Crippen LogP contribution in [0.5, 0.6) is 5.75 Å². The van der Waals surface area contributed by atoms with Crippen LogP contribution in [-0.2, 0) is 16.6 Å². The Morgan fingerprint density at radius 2 is 1.95 bits per heavy atom. The summed E-state index contributed by atoms with van der Waals surface area (Å²) in [6, 6.07) is 9.93. The molecule has 1 saturated heterocycles. The monoisotopic (exact) mass is 535 g/mol. The largest absolute Gasteiger partial charge is 0.490 e. The van der Waals surface area contributed by atoms with Crippen molar-refractivity contribution in [2.45, 2.75) is 44.4 Å². The Bertz CT molecular complexity index is 1420. The second-order valence-electron chi connectivity index (χ2n) is 9.90. The number of halogens is 1. The number of likely N-dealkylation sites (N-methyl/N-ethyl adjacent to an activating group) is 1. The van der Waals surface area contributed by atoms with Crippen LogP contribution in [0, 0.1) is 12.7 Å². The number of fused-ring (bicyclic) bond motifs is 2. The van der Waals surface area contributed by atoms with Gasteiger partial charge in [-0.15, -0.1) is 0 Å². The zero-order chi connectivity index (χ0) is 27.7. The number of anilines is 2. The molecule has 0 radical (unpaired) electrons. The van der Waals surface area contributed by atoms with Gasteiger partial charge in [0.15, 0.2) is 0 Å². The van der Waals surface area contributed by atoms with E-state index in [0.29, 0.717) is 35.5 Å². The SMILES string of the molecule is Cc1nn(C)cc1NC(=O)C[C@H]1CC[C@H]2[C@H](COc3ccc(NC(=O)c4cccc(F)c4)cc3C(=O)N2C)O1. The number of nitrogens with zero attached hydrogens (tertiary/aromatic N) is 3. The van der Waals surface area contributed by atoms with Gasteiger partial charge in [-0.05, 0) is 56.2 Å². The highest BCUT2D eigenvalue weighted by molar-refractivity contribution is 6.05. The van der Waals surface area contributed by atoms with Crippen molar-refractivity contribution in [3.8, 4) is 5.75 Å². The first-order chi connectivity index (χ1) is 18.7. The lowest BCUT2D eigenvalue weighted by Crippen LogP contribution is -2.53. The third-order valence-corrected chi connectivity index (χ3v) is 7.06. The number of carbonyl (C=O) groups is 3. The maximum absolute atomic E-state index is 13.5. The standard InChI is InChI=1S/C28H30FN5O5/c1-16-22(14-33(2)32-16)31-26(35)13-20-8-9-23-25(39-20)15-38-24-10-7-19(12-21(24)28(37)34(23)3)30-27(36)17-5-4-6-18(29)11-17/h4-7,10-12,14,20,23,25H,8-9,13,15H2,1-3H3,(H,30,36)(H,31,35)/t20-,23+,25+/m1/s1. The Labute approximate surface area is 225 Å². The topological polar surface area (TPSA) is 115 Å². The van der Waals surface area contributed by atoms with Crippen molar-refractivity contribution < 1.29 is 28.2 Å². The molecular weight excluding hydrogens is 505 g/mol. The molecule has 1 aromatic heterocycles. The maximum atomic E-state index is 13.5. The molecule has 2 aromatic carbocycles. The first-order valence-corrected chi connectivity index (χ1v) is 12.7. The molecular formula is C28H30FN5O5. The fourth-order valence-corrected chi connectivity index (χ4v) is 5.07. The molecule has 10 nitrogen and oxygen atoms in total. The average molecular weight is 536 g/mol. The lowest BCUT2D eigenvalue weighted by atomic mass is 9.94. The van der Waals surface area contributed by atoms with Crippen LogP contribution in [-0.4, -0.2) is 64.3 Å². The quantitative estimate of drug-likeness (QED) is 0.517. The van der Waals surface area contributed by atoms with Gasteiger partial charge >= 0.3 is 0 Å². The van der Waals surface area contributed by atoms with Crippen LogP contribution >= 0.6 is 0 Å². The van der Waals surface area contributed by atoms with Crippen LogP contribution in [0.3, 0.4) is 0 Å². The minimum Gasteiger partial charge on any atom is -0.490 e. The lowest BCUT2D eigenvalue weighted by Gasteiger charge is -2.42. The number of aryl methyl sites for hydroxylation is 2. The molecule has 0 spiro atoms. The van der Waals surface area contributed by atoms with E-state index in [1.807, 2.05) is 6.92 Å². The summed E-state index contributed by atoms with van der Waals surface area (Å²) in [6.45, 7) is 2.03. The van der Waals surface area contributed by atoms with E-state index in [9.17, 15) is 18.8 Å². The first-order valence-electron chi connectivity index (χ1n) is 12.7. The number of benzene rings is 2. The van der Waals surface area contributed by atoms with Crippen molar-refractivity contribution in [2.75, 3.05) is 24.3 Å². The second-order valence-corrected chi connectivity index (χ2v) is 9.90. The molecule has 39 heavy (non-hydrogen) atoms. The Balaban J connectivity index is 1.25. The lowest BCUT2D eigenvalue weighted by molar-refractivity contribution is -0.130. The molecule has 0 unspecified atom stereocenters. The van der Waals surface area contributed by atoms with E-state index in [-0.39, 0.29) is 42.6 Å². The summed E-state index contributed by atoms with van der Waals surface area (Å²) >= 11 is 0. The number of carbonyl (C=O) groups excluding carboxylic acids is 3. The van der Waals surface area contributed by atoms with Crippen LogP contribution in [0.1, 0.15) is 45.7 Å². The van der Waals surface area contributed by atoms with Crippen molar-refractivity contribution in [1.29, 1.82) is 0 Å². The van der Waals surface area contributed by atoms with Gasteiger partial charge in [0.05, 0.1) is 35.5 Å². The molecule has 3 atom stereocenters. The Morgan fingerprint density at radius 3 is 2.69 bits per heavy atom. The van der Waals surface area contributed by atoms with Crippen molar-refractivity contribution in [2.24, 2.45) is 7.05 Å². The van der Waals surface area contributed by atoms with Crippen molar-refractivity contribution in [3.63, 3.8) is 0 Å². The minimum atomic E-state index is -0.512. The van der Waals surface area contributed by atoms with Gasteiger partial charge in [-0.25, -0.2) is 4.39 Å². The van der Waals surface area contributed by atoms with E-state index in [0.717, 1.165) is 11.8 Å². The molecule has 5 rings (SSSR count). The van der Waals surface area contributed by atoms with Gasteiger partial charge < -0.3 is 25.0 Å². The highest BCUT2D eigenvalue weighted by atomic mass is 19.1. The van der Waals surface area contributed by atoms with Crippen LogP contribution in [0.2, 0.25) is 0 Å². The highest BCUT2D eigenvalue weighted by Crippen LogP contribution is 2.33. The van der Waals surface area contributed by atoms with E-state index in [2.05, 4.69) is 15.7 Å². The average Bonchev–Trinajstić information content (AvgIpc) is 3.22. The maximum Gasteiger partial charge on any atom is 0.257 e. The number of ether oxygens (including phenoxy) is 2. The molecule has 2 N–H and O–H groups in total. The molecule has 0 bridgehead atoms. The van der Waals surface area contributed by atoms with Crippen LogP contribution < -0.4 is 15.4 Å². The van der Waals surface area contributed by atoms with Gasteiger partial charge in [0.25, 0.3) is 11.8 Å². The predicted octanol–water partition coefficient (Wildman–Crippen LogP) is 3.53. The van der Waals surface area contributed by atoms with Crippen molar-refractivity contribution in [3.05, 3.63) is 71.3 Å². The molecule has 3 aromatic rings. The molecule has 3 heterocycles. The third-order valence-electron chi connectivity index (χ3n) is 7.06. The highest BCUT2D eigenvalue weighted by Gasteiger charge is 2.39. The summed E-state index contributed by atoms with van der Waals surface area (Å²) in [6.07, 6.45) is 2.46. The van der Waals surface area contributed by atoms with Gasteiger partial charge in [0, 0.05) is 31.5 Å². The minimum absolute atomic E-state index is 0.163. The zero-order valence-electron chi connectivity index (χ0n) is 21.9. The second kappa shape index (κ2) is 10.9. The van der Waals surface area contributed by atoms with E-state index in [1.165, 1.54) is 18.2 Å². The predicted molar refractivity (Wildman–Crippen MR) is 141 cm³/mol. The van der Waals surface area contributed by atoms with E-state index in [4.69, 9.17) is 9.47 Å². The molecule has 3 amide bonds. The summed E-state index contributed by atoms with van der Waals surface area (Å²) in [5, 5.41) is 9.83. The molecule has 2 aliphatic heterocycles. The summed E-state index contributed by atoms with van der Waals surface area (Å²) in [5.41, 5.74) is 2.27. The fourth-order valence-electron chi connectivity index (χ4n) is 5.07. The zero-order valence-corrected chi connectivity index (χ0v) is 21.9. The van der Waals surface area contributed by atoms with Crippen molar-refractivity contribution >= 4 is 29.1 Å². The van der Waals surface area contributed by atoms with E-state index in [1.54, 1.807) is 48.1 Å². The third kappa shape index (κ3) is 5.78. The molecule has 204 valence electrons. The number of amides is 3. The number of nitrogens with one attached hydrogen (secondary N) is 2. The summed E-state index contributed by atoms with van der Waals surface area (Å²) in [4.78, 5) is 40.3. The van der Waals surface area contributed by atoms with E-state index >= 15 is 0 Å². The number of hydrogen-bond acceptors (Lipinski definition) is 6. The van der Waals surface area contributed by atoms with Gasteiger partial charge in [-0.1, -0.05) is 6.07 Å². The van der Waals surface area contributed by atoms with Crippen LogP contribution in [0.25, 0.3) is 0 Å². The van der Waals surface area contributed by atoms with Gasteiger partial charge in [0.1, 0.15) is 24.3 Å². The first kappa shape index (κ1) is 26.4. The number of hydrogen-bond donors (Lipinski definition) is 2. The van der Waals surface area contributed by atoms with Crippen LogP contribution in [0.4, 0.5) is 15.8 Å². The number of aromatic nitrogens is 2. The normalized spacial score (nSPS) is 20.7. The smallest absolute Gasteiger partial charge is 0.257 e. The molecule has 0 aliphatic carbocycles. The summed E-state index contributed by atoms with van der Waals surface area (Å²) in [5.74, 6) is -1.07. The van der Waals surface area contributed by atoms with E-state index < -0.39 is 17.8 Å². The Kier molecular flexibility index (Phi) is 7.34. The van der Waals surface area contributed by atoms with Crippen molar-refractivity contribution in [1.82, 2.24) is 14.7 Å². The molecule has 1 fully saturated rings. The molecule has 0 saturated carbocycles.